The predicted molar refractivity (Wildman–Crippen MR) is 126 cm³/mol. The molecule has 8 heteroatoms. The molecule has 2 aromatic rings. The van der Waals surface area contributed by atoms with Crippen LogP contribution in [0, 0.1) is 0 Å². The van der Waals surface area contributed by atoms with Gasteiger partial charge in [0, 0.05) is 39.2 Å². The van der Waals surface area contributed by atoms with E-state index >= 15 is 0 Å². The Bertz CT molecular complexity index is 955. The number of alkyl carbamates (subject to hydrolysis) is 1. The van der Waals surface area contributed by atoms with Gasteiger partial charge >= 0.3 is 6.09 Å². The second-order valence-electron chi connectivity index (χ2n) is 8.60. The molecule has 34 heavy (non-hydrogen) atoms. The SMILES string of the molecule is O=C(NC(Cc1ccccc1)C(=O)N1CCN(C(=O)C2CCCO2)CC1)OCc1ccccc1. The first-order valence-electron chi connectivity index (χ1n) is 11.8. The number of carbonyl (C=O) groups is 3. The van der Waals surface area contributed by atoms with E-state index in [2.05, 4.69) is 5.32 Å². The molecule has 2 unspecified atom stereocenters. The Kier molecular flexibility index (Phi) is 8.14. The number of nitrogens with zero attached hydrogens (tertiary/aromatic N) is 2. The second-order valence-corrected chi connectivity index (χ2v) is 8.60. The van der Waals surface area contributed by atoms with Crippen molar-refractivity contribution in [3.63, 3.8) is 0 Å². The van der Waals surface area contributed by atoms with E-state index in [9.17, 15) is 14.4 Å². The van der Waals surface area contributed by atoms with Crippen molar-refractivity contribution in [1.29, 1.82) is 0 Å². The molecule has 1 N–H and O–H groups in total. The van der Waals surface area contributed by atoms with Gasteiger partial charge in [-0.2, -0.15) is 0 Å². The molecule has 2 saturated heterocycles. The van der Waals surface area contributed by atoms with Crippen LogP contribution in [0.3, 0.4) is 0 Å². The minimum atomic E-state index is -0.758. The van der Waals surface area contributed by atoms with Crippen molar-refractivity contribution in [2.24, 2.45) is 0 Å². The summed E-state index contributed by atoms with van der Waals surface area (Å²) in [5, 5.41) is 2.76. The third-order valence-electron chi connectivity index (χ3n) is 6.19. The van der Waals surface area contributed by atoms with Crippen LogP contribution in [-0.2, 0) is 32.1 Å². The Morgan fingerprint density at radius 2 is 1.53 bits per heavy atom. The van der Waals surface area contributed by atoms with Crippen LogP contribution in [0.4, 0.5) is 4.79 Å². The highest BCUT2D eigenvalue weighted by molar-refractivity contribution is 5.86. The van der Waals surface area contributed by atoms with E-state index in [4.69, 9.17) is 9.47 Å². The first kappa shape index (κ1) is 23.8. The van der Waals surface area contributed by atoms with Crippen LogP contribution < -0.4 is 5.32 Å². The van der Waals surface area contributed by atoms with E-state index in [1.807, 2.05) is 60.7 Å². The third-order valence-corrected chi connectivity index (χ3v) is 6.19. The number of rotatable bonds is 7. The van der Waals surface area contributed by atoms with Crippen LogP contribution in [0.2, 0.25) is 0 Å². The summed E-state index contributed by atoms with van der Waals surface area (Å²) >= 11 is 0. The van der Waals surface area contributed by atoms with Crippen molar-refractivity contribution in [2.75, 3.05) is 32.8 Å². The number of nitrogens with one attached hydrogen (secondary N) is 1. The summed E-state index contributed by atoms with van der Waals surface area (Å²) in [5.74, 6) is -0.169. The average molecular weight is 466 g/mol. The summed E-state index contributed by atoms with van der Waals surface area (Å²) in [4.78, 5) is 42.0. The fourth-order valence-corrected chi connectivity index (χ4v) is 4.30. The predicted octanol–water partition coefficient (Wildman–Crippen LogP) is 2.37. The molecular weight excluding hydrogens is 434 g/mol. The number of hydrogen-bond donors (Lipinski definition) is 1. The Balaban J connectivity index is 1.35. The average Bonchev–Trinajstić information content (AvgIpc) is 3.43. The third kappa shape index (κ3) is 6.35. The highest BCUT2D eigenvalue weighted by Gasteiger charge is 2.33. The van der Waals surface area contributed by atoms with Gasteiger partial charge in [0.05, 0.1) is 0 Å². The Morgan fingerprint density at radius 1 is 0.912 bits per heavy atom. The van der Waals surface area contributed by atoms with E-state index in [0.717, 1.165) is 24.0 Å². The Hall–Kier alpha value is -3.39. The summed E-state index contributed by atoms with van der Waals surface area (Å²) in [6.45, 7) is 2.51. The van der Waals surface area contributed by atoms with Crippen molar-refractivity contribution >= 4 is 17.9 Å². The number of benzene rings is 2. The summed E-state index contributed by atoms with van der Waals surface area (Å²) in [5.41, 5.74) is 1.81. The zero-order chi connectivity index (χ0) is 23.8. The summed E-state index contributed by atoms with van der Waals surface area (Å²) in [7, 11) is 0. The zero-order valence-electron chi connectivity index (χ0n) is 19.2. The van der Waals surface area contributed by atoms with Crippen molar-refractivity contribution in [3.05, 3.63) is 71.8 Å². The number of carbonyl (C=O) groups excluding carboxylic acids is 3. The lowest BCUT2D eigenvalue weighted by Gasteiger charge is -2.37. The lowest BCUT2D eigenvalue weighted by Crippen LogP contribution is -2.57. The zero-order valence-corrected chi connectivity index (χ0v) is 19.2. The topological polar surface area (TPSA) is 88.2 Å². The molecule has 0 aliphatic carbocycles. The molecule has 0 spiro atoms. The molecule has 0 radical (unpaired) electrons. The van der Waals surface area contributed by atoms with E-state index < -0.39 is 12.1 Å². The maximum absolute atomic E-state index is 13.4. The maximum atomic E-state index is 13.4. The lowest BCUT2D eigenvalue weighted by atomic mass is 10.0. The van der Waals surface area contributed by atoms with Gasteiger partial charge in [0.2, 0.25) is 5.91 Å². The molecule has 8 nitrogen and oxygen atoms in total. The molecule has 2 aromatic carbocycles. The number of hydrogen-bond acceptors (Lipinski definition) is 5. The maximum Gasteiger partial charge on any atom is 0.408 e. The van der Waals surface area contributed by atoms with Gasteiger partial charge in [-0.3, -0.25) is 9.59 Å². The molecule has 2 aliphatic rings. The minimum Gasteiger partial charge on any atom is -0.445 e. The van der Waals surface area contributed by atoms with E-state index in [-0.39, 0.29) is 24.5 Å². The molecule has 2 fully saturated rings. The first-order chi connectivity index (χ1) is 16.6. The van der Waals surface area contributed by atoms with Crippen molar-refractivity contribution < 1.29 is 23.9 Å². The first-order valence-corrected chi connectivity index (χ1v) is 11.8. The van der Waals surface area contributed by atoms with E-state index in [1.165, 1.54) is 0 Å². The molecular formula is C26H31N3O5. The van der Waals surface area contributed by atoms with E-state index in [0.29, 0.717) is 39.2 Å². The highest BCUT2D eigenvalue weighted by atomic mass is 16.5. The summed E-state index contributed by atoms with van der Waals surface area (Å²) in [6.07, 6.45) is 1.03. The summed E-state index contributed by atoms with van der Waals surface area (Å²) < 4.78 is 10.9. The minimum absolute atomic E-state index is 0.00745. The van der Waals surface area contributed by atoms with Crippen LogP contribution in [0.1, 0.15) is 24.0 Å². The van der Waals surface area contributed by atoms with Gasteiger partial charge in [-0.15, -0.1) is 0 Å². The van der Waals surface area contributed by atoms with Crippen molar-refractivity contribution in [1.82, 2.24) is 15.1 Å². The van der Waals surface area contributed by atoms with Gasteiger partial charge in [-0.05, 0) is 24.0 Å². The van der Waals surface area contributed by atoms with Crippen molar-refractivity contribution in [2.45, 2.75) is 38.0 Å². The summed E-state index contributed by atoms with van der Waals surface area (Å²) in [6, 6.07) is 18.2. The Labute approximate surface area is 199 Å². The van der Waals surface area contributed by atoms with Crippen LogP contribution in [0.5, 0.6) is 0 Å². The molecule has 0 aromatic heterocycles. The van der Waals surface area contributed by atoms with Crippen LogP contribution in [0.25, 0.3) is 0 Å². The molecule has 3 amide bonds. The normalized spacial score (nSPS) is 18.9. The van der Waals surface area contributed by atoms with Crippen LogP contribution in [-0.4, -0.2) is 72.6 Å². The standard InChI is InChI=1S/C26H31N3O5/c30-24(28-13-15-29(16-14-28)25(31)23-12-7-17-33-23)22(18-20-8-3-1-4-9-20)27-26(32)34-19-21-10-5-2-6-11-21/h1-6,8-11,22-23H,7,12-19H2,(H,27,32). The Morgan fingerprint density at radius 3 is 2.15 bits per heavy atom. The smallest absolute Gasteiger partial charge is 0.408 e. The van der Waals surface area contributed by atoms with Gasteiger partial charge in [0.25, 0.3) is 5.91 Å². The van der Waals surface area contributed by atoms with Crippen LogP contribution >= 0.6 is 0 Å². The number of piperazine rings is 1. The second kappa shape index (κ2) is 11.7. The van der Waals surface area contributed by atoms with Gasteiger partial charge < -0.3 is 24.6 Å². The fraction of sp³-hybridized carbons (Fsp3) is 0.423. The van der Waals surface area contributed by atoms with E-state index in [1.54, 1.807) is 9.80 Å². The van der Waals surface area contributed by atoms with Crippen molar-refractivity contribution in [3.8, 4) is 0 Å². The molecule has 2 aliphatic heterocycles. The molecule has 180 valence electrons. The van der Waals surface area contributed by atoms with Gasteiger partial charge in [0.15, 0.2) is 0 Å². The van der Waals surface area contributed by atoms with Gasteiger partial charge in [-0.25, -0.2) is 4.79 Å². The molecule has 2 atom stereocenters. The molecule has 2 heterocycles. The number of ether oxygens (including phenoxy) is 2. The van der Waals surface area contributed by atoms with Gasteiger partial charge in [-0.1, -0.05) is 60.7 Å². The monoisotopic (exact) mass is 465 g/mol. The van der Waals surface area contributed by atoms with Gasteiger partial charge in [0.1, 0.15) is 18.8 Å². The number of amides is 3. The fourth-order valence-electron chi connectivity index (χ4n) is 4.30. The molecule has 0 bridgehead atoms. The molecule has 4 rings (SSSR count). The highest BCUT2D eigenvalue weighted by Crippen LogP contribution is 2.17. The van der Waals surface area contributed by atoms with Crippen LogP contribution in [0.15, 0.2) is 60.7 Å². The largest absolute Gasteiger partial charge is 0.445 e. The quantitative estimate of drug-likeness (QED) is 0.678. The molecule has 0 saturated carbocycles. The lowest BCUT2D eigenvalue weighted by molar-refractivity contribution is -0.146.